The normalized spacial score (nSPS) is 11.4. The fourth-order valence-corrected chi connectivity index (χ4v) is 3.92. The summed E-state index contributed by atoms with van der Waals surface area (Å²) in [5.41, 5.74) is 1.50. The predicted molar refractivity (Wildman–Crippen MR) is 112 cm³/mol. The van der Waals surface area contributed by atoms with Crippen molar-refractivity contribution >= 4 is 40.0 Å². The highest BCUT2D eigenvalue weighted by atomic mass is 32.2. The zero-order valence-electron chi connectivity index (χ0n) is 16.8. The SMILES string of the molecule is CC(C)(C)c1cnc(CSc2cnc(NC(=O)CCCNCCC(=O)NO)s2)o1. The first kappa shape index (κ1) is 23.3. The molecular formula is C18H27N5O4S2. The highest BCUT2D eigenvalue weighted by Gasteiger charge is 2.19. The van der Waals surface area contributed by atoms with Gasteiger partial charge >= 0.3 is 0 Å². The van der Waals surface area contributed by atoms with Crippen LogP contribution in [0.1, 0.15) is 51.7 Å². The van der Waals surface area contributed by atoms with E-state index in [0.29, 0.717) is 42.7 Å². The molecule has 0 fully saturated rings. The Balaban J connectivity index is 1.65. The molecule has 0 bridgehead atoms. The van der Waals surface area contributed by atoms with Gasteiger partial charge in [-0.3, -0.25) is 14.8 Å². The number of hydrogen-bond acceptors (Lipinski definition) is 9. The monoisotopic (exact) mass is 441 g/mol. The third-order valence-corrected chi connectivity index (χ3v) is 5.86. The molecule has 2 amide bonds. The molecule has 0 unspecified atom stereocenters. The molecule has 0 spiro atoms. The van der Waals surface area contributed by atoms with Crippen LogP contribution in [-0.2, 0) is 20.8 Å². The maximum atomic E-state index is 12.0. The minimum atomic E-state index is -0.440. The number of hydroxylamine groups is 1. The van der Waals surface area contributed by atoms with E-state index in [1.807, 2.05) is 0 Å². The average Bonchev–Trinajstić information content (AvgIpc) is 3.31. The molecule has 0 aliphatic rings. The molecular weight excluding hydrogens is 414 g/mol. The maximum Gasteiger partial charge on any atom is 0.244 e. The van der Waals surface area contributed by atoms with Gasteiger partial charge in [-0.15, -0.1) is 11.8 Å². The highest BCUT2D eigenvalue weighted by Crippen LogP contribution is 2.31. The van der Waals surface area contributed by atoms with Crippen LogP contribution in [0.3, 0.4) is 0 Å². The number of rotatable bonds is 11. The number of hydrogen-bond donors (Lipinski definition) is 4. The van der Waals surface area contributed by atoms with Crippen molar-refractivity contribution in [2.24, 2.45) is 0 Å². The second-order valence-corrected chi connectivity index (χ2v) is 9.63. The lowest BCUT2D eigenvalue weighted by molar-refractivity contribution is -0.129. The van der Waals surface area contributed by atoms with Gasteiger partial charge in [0.05, 0.1) is 22.4 Å². The van der Waals surface area contributed by atoms with Gasteiger partial charge in [-0.2, -0.15) is 0 Å². The van der Waals surface area contributed by atoms with Gasteiger partial charge in [-0.05, 0) is 13.0 Å². The van der Waals surface area contributed by atoms with Crippen LogP contribution in [0.4, 0.5) is 5.13 Å². The lowest BCUT2D eigenvalue weighted by Gasteiger charge is -2.12. The molecule has 0 radical (unpaired) electrons. The molecule has 0 aliphatic carbocycles. The molecule has 2 rings (SSSR count). The van der Waals surface area contributed by atoms with Crippen LogP contribution in [0.5, 0.6) is 0 Å². The average molecular weight is 442 g/mol. The van der Waals surface area contributed by atoms with E-state index in [1.165, 1.54) is 11.3 Å². The molecule has 2 aromatic rings. The second kappa shape index (κ2) is 11.3. The number of oxazole rings is 1. The lowest BCUT2D eigenvalue weighted by Crippen LogP contribution is -2.26. The van der Waals surface area contributed by atoms with E-state index in [2.05, 4.69) is 41.4 Å². The molecule has 0 aromatic carbocycles. The molecule has 11 heteroatoms. The van der Waals surface area contributed by atoms with Crippen molar-refractivity contribution in [3.63, 3.8) is 0 Å². The standard InChI is InChI=1S/C18H27N5O4S2/c1-18(2,3)12-9-20-15(27-12)11-28-16-10-21-17(29-16)22-13(24)5-4-7-19-8-6-14(25)23-26/h9-10,19,26H,4-8,11H2,1-3H3,(H,23,25)(H,21,22,24). The van der Waals surface area contributed by atoms with E-state index in [1.54, 1.807) is 29.6 Å². The number of carbonyl (C=O) groups is 2. The first-order valence-corrected chi connectivity index (χ1v) is 11.1. The smallest absolute Gasteiger partial charge is 0.244 e. The van der Waals surface area contributed by atoms with E-state index in [0.717, 1.165) is 9.97 Å². The number of carbonyl (C=O) groups excluding carboxylic acids is 2. The van der Waals surface area contributed by atoms with Crippen molar-refractivity contribution in [2.75, 3.05) is 18.4 Å². The van der Waals surface area contributed by atoms with Crippen LogP contribution in [0.15, 0.2) is 21.0 Å². The van der Waals surface area contributed by atoms with Crippen LogP contribution < -0.4 is 16.1 Å². The summed E-state index contributed by atoms with van der Waals surface area (Å²) in [7, 11) is 0. The van der Waals surface area contributed by atoms with Crippen LogP contribution in [0.2, 0.25) is 0 Å². The summed E-state index contributed by atoms with van der Waals surface area (Å²) >= 11 is 2.98. The summed E-state index contributed by atoms with van der Waals surface area (Å²) in [4.78, 5) is 31.4. The van der Waals surface area contributed by atoms with Crippen molar-refractivity contribution in [1.29, 1.82) is 0 Å². The molecule has 0 saturated heterocycles. The van der Waals surface area contributed by atoms with Crippen molar-refractivity contribution in [2.45, 2.75) is 55.4 Å². The molecule has 29 heavy (non-hydrogen) atoms. The summed E-state index contributed by atoms with van der Waals surface area (Å²) in [6.45, 7) is 7.29. The summed E-state index contributed by atoms with van der Waals surface area (Å²) < 4.78 is 6.75. The molecule has 4 N–H and O–H groups in total. The molecule has 160 valence electrons. The first-order chi connectivity index (χ1) is 13.8. The molecule has 0 saturated carbocycles. The minimum Gasteiger partial charge on any atom is -0.444 e. The Bertz CT molecular complexity index is 800. The van der Waals surface area contributed by atoms with Crippen LogP contribution in [0, 0.1) is 0 Å². The number of nitrogens with one attached hydrogen (secondary N) is 3. The molecule has 0 aliphatic heterocycles. The topological polar surface area (TPSA) is 129 Å². The van der Waals surface area contributed by atoms with Gasteiger partial charge in [0.25, 0.3) is 0 Å². The summed E-state index contributed by atoms with van der Waals surface area (Å²) in [6, 6.07) is 0. The number of thiazole rings is 1. The van der Waals surface area contributed by atoms with Gasteiger partial charge < -0.3 is 15.1 Å². The Kier molecular flexibility index (Phi) is 9.08. The predicted octanol–water partition coefficient (Wildman–Crippen LogP) is 2.92. The Labute approximate surface area is 178 Å². The lowest BCUT2D eigenvalue weighted by atomic mass is 9.94. The van der Waals surface area contributed by atoms with Crippen molar-refractivity contribution in [3.8, 4) is 0 Å². The fourth-order valence-electron chi connectivity index (χ4n) is 2.18. The fraction of sp³-hybridized carbons (Fsp3) is 0.556. The number of amides is 2. The van der Waals surface area contributed by atoms with E-state index < -0.39 is 5.91 Å². The number of anilines is 1. The molecule has 9 nitrogen and oxygen atoms in total. The summed E-state index contributed by atoms with van der Waals surface area (Å²) in [5.74, 6) is 1.59. The zero-order chi connectivity index (χ0) is 21.3. The van der Waals surface area contributed by atoms with E-state index in [4.69, 9.17) is 9.62 Å². The molecule has 0 atom stereocenters. The van der Waals surface area contributed by atoms with Gasteiger partial charge in [0.2, 0.25) is 17.7 Å². The highest BCUT2D eigenvalue weighted by molar-refractivity contribution is 8.00. The van der Waals surface area contributed by atoms with Gasteiger partial charge in [0.15, 0.2) is 5.13 Å². The van der Waals surface area contributed by atoms with E-state index >= 15 is 0 Å². The zero-order valence-corrected chi connectivity index (χ0v) is 18.4. The van der Waals surface area contributed by atoms with E-state index in [9.17, 15) is 9.59 Å². The van der Waals surface area contributed by atoms with Crippen LogP contribution in [-0.4, -0.2) is 40.1 Å². The number of aromatic nitrogens is 2. The van der Waals surface area contributed by atoms with Gasteiger partial charge in [0, 0.05) is 24.8 Å². The Hall–Kier alpha value is -1.95. The Morgan fingerprint density at radius 2 is 1.97 bits per heavy atom. The number of thioether (sulfide) groups is 1. The first-order valence-electron chi connectivity index (χ1n) is 9.25. The Morgan fingerprint density at radius 1 is 1.17 bits per heavy atom. The maximum absolute atomic E-state index is 12.0. The number of nitrogens with zero attached hydrogens (tertiary/aromatic N) is 2. The largest absolute Gasteiger partial charge is 0.444 e. The van der Waals surface area contributed by atoms with Crippen molar-refractivity contribution in [1.82, 2.24) is 20.8 Å². The van der Waals surface area contributed by atoms with Crippen LogP contribution in [0.25, 0.3) is 0 Å². The van der Waals surface area contributed by atoms with E-state index in [-0.39, 0.29) is 17.7 Å². The molecule has 2 aromatic heterocycles. The summed E-state index contributed by atoms with van der Waals surface area (Å²) in [5, 5.41) is 14.8. The second-order valence-electron chi connectivity index (χ2n) is 7.33. The van der Waals surface area contributed by atoms with Crippen molar-refractivity contribution < 1.29 is 19.2 Å². The van der Waals surface area contributed by atoms with Crippen molar-refractivity contribution in [3.05, 3.63) is 24.0 Å². The quantitative estimate of drug-likeness (QED) is 0.181. The van der Waals surface area contributed by atoms with Gasteiger partial charge in [-0.25, -0.2) is 15.4 Å². The van der Waals surface area contributed by atoms with Crippen LogP contribution >= 0.6 is 23.1 Å². The van der Waals surface area contributed by atoms with Gasteiger partial charge in [0.1, 0.15) is 5.76 Å². The third-order valence-electron chi connectivity index (χ3n) is 3.77. The third kappa shape index (κ3) is 8.52. The molecule has 2 heterocycles. The van der Waals surface area contributed by atoms with Gasteiger partial charge in [-0.1, -0.05) is 32.1 Å². The Morgan fingerprint density at radius 3 is 2.66 bits per heavy atom. The summed E-state index contributed by atoms with van der Waals surface area (Å²) in [6.07, 6.45) is 4.68. The minimum absolute atomic E-state index is 0.0680.